The molecule has 3 amide bonds. The third kappa shape index (κ3) is 5.37. The maximum absolute atomic E-state index is 14.9. The zero-order valence-electron chi connectivity index (χ0n) is 22.6. The van der Waals surface area contributed by atoms with E-state index in [0.717, 1.165) is 37.3 Å². The van der Waals surface area contributed by atoms with Gasteiger partial charge < -0.3 is 30.5 Å². The van der Waals surface area contributed by atoms with Gasteiger partial charge in [0.05, 0.1) is 22.5 Å². The first-order valence-corrected chi connectivity index (χ1v) is 13.1. The van der Waals surface area contributed by atoms with Crippen molar-refractivity contribution in [3.05, 3.63) is 46.0 Å². The van der Waals surface area contributed by atoms with Crippen molar-refractivity contribution in [2.75, 3.05) is 43.4 Å². The van der Waals surface area contributed by atoms with Crippen molar-refractivity contribution in [3.8, 4) is 0 Å². The number of aromatic nitrogens is 1. The highest BCUT2D eigenvalue weighted by Crippen LogP contribution is 2.37. The van der Waals surface area contributed by atoms with E-state index in [1.165, 1.54) is 26.0 Å². The number of hydrogen-bond donors (Lipinski definition) is 4. The zero-order chi connectivity index (χ0) is 27.8. The van der Waals surface area contributed by atoms with Crippen molar-refractivity contribution < 1.29 is 23.9 Å². The summed E-state index contributed by atoms with van der Waals surface area (Å²) in [5, 5.41) is 14.9. The van der Waals surface area contributed by atoms with Crippen LogP contribution in [0, 0.1) is 12.7 Å². The minimum atomic E-state index is -1.69. The second-order valence-electron chi connectivity index (χ2n) is 10.3. The van der Waals surface area contributed by atoms with E-state index in [2.05, 4.69) is 34.4 Å². The summed E-state index contributed by atoms with van der Waals surface area (Å²) in [5.74, 6) is -1.93. The Hall–Kier alpha value is -3.50. The molecule has 0 saturated heterocycles. The Morgan fingerprint density at radius 3 is 2.63 bits per heavy atom. The first-order valence-electron chi connectivity index (χ1n) is 13.1. The number of carbonyl (C=O) groups is 3. The van der Waals surface area contributed by atoms with Crippen LogP contribution in [0.1, 0.15) is 67.0 Å². The van der Waals surface area contributed by atoms with Gasteiger partial charge in [-0.1, -0.05) is 13.8 Å². The number of rotatable bonds is 8. The minimum Gasteiger partial charge on any atom is -0.381 e. The van der Waals surface area contributed by atoms with Gasteiger partial charge in [-0.3, -0.25) is 14.4 Å². The fourth-order valence-corrected chi connectivity index (χ4v) is 4.89. The highest BCUT2D eigenvalue weighted by Gasteiger charge is 2.31. The van der Waals surface area contributed by atoms with Crippen LogP contribution in [0.15, 0.2) is 12.1 Å². The van der Waals surface area contributed by atoms with Crippen LogP contribution in [0.2, 0.25) is 0 Å². The number of benzene rings is 1. The number of aliphatic hydroxyl groups is 1. The SMILES string of the molecule is CCN(CC)CCN1CCCc2[nH]c(/C=C3\C(=O)Nc4cc(NC(=O)C(C)(C)O)c(F)cc43)c(C)c2C1=O. The molecule has 4 rings (SSSR count). The van der Waals surface area contributed by atoms with E-state index in [0.29, 0.717) is 42.0 Å². The smallest absolute Gasteiger partial charge is 0.256 e. The summed E-state index contributed by atoms with van der Waals surface area (Å²) in [6.45, 7) is 12.7. The van der Waals surface area contributed by atoms with Crippen LogP contribution < -0.4 is 10.6 Å². The number of aryl methyl sites for hydroxylation is 1. The van der Waals surface area contributed by atoms with Gasteiger partial charge in [-0.05, 0) is 70.5 Å². The molecule has 0 aliphatic carbocycles. The maximum Gasteiger partial charge on any atom is 0.256 e. The Balaban J connectivity index is 1.63. The molecule has 4 N–H and O–H groups in total. The number of amides is 3. The summed E-state index contributed by atoms with van der Waals surface area (Å²) in [6.07, 6.45) is 3.20. The van der Waals surface area contributed by atoms with Gasteiger partial charge in [-0.15, -0.1) is 0 Å². The molecule has 204 valence electrons. The molecule has 0 spiro atoms. The van der Waals surface area contributed by atoms with Crippen molar-refractivity contribution in [1.29, 1.82) is 0 Å². The summed E-state index contributed by atoms with van der Waals surface area (Å²) >= 11 is 0. The largest absolute Gasteiger partial charge is 0.381 e. The summed E-state index contributed by atoms with van der Waals surface area (Å²) < 4.78 is 14.9. The summed E-state index contributed by atoms with van der Waals surface area (Å²) in [4.78, 5) is 46.0. The number of H-pyrrole nitrogens is 1. The fourth-order valence-electron chi connectivity index (χ4n) is 4.89. The lowest BCUT2D eigenvalue weighted by molar-refractivity contribution is -0.130. The molecule has 0 fully saturated rings. The van der Waals surface area contributed by atoms with Crippen LogP contribution in [0.25, 0.3) is 11.6 Å². The quantitative estimate of drug-likeness (QED) is 0.394. The van der Waals surface area contributed by atoms with E-state index in [4.69, 9.17) is 0 Å². The lowest BCUT2D eigenvalue weighted by atomic mass is 10.0. The molecular weight excluding hydrogens is 489 g/mol. The van der Waals surface area contributed by atoms with Crippen molar-refractivity contribution in [2.24, 2.45) is 0 Å². The number of nitrogens with one attached hydrogen (secondary N) is 3. The summed E-state index contributed by atoms with van der Waals surface area (Å²) in [5.41, 5.74) is 1.99. The molecule has 0 bridgehead atoms. The highest BCUT2D eigenvalue weighted by atomic mass is 19.1. The number of likely N-dealkylation sites (N-methyl/N-ethyl adjacent to an activating group) is 1. The molecule has 2 aliphatic heterocycles. The lowest BCUT2D eigenvalue weighted by Crippen LogP contribution is -2.38. The van der Waals surface area contributed by atoms with Gasteiger partial charge in [-0.25, -0.2) is 4.39 Å². The summed E-state index contributed by atoms with van der Waals surface area (Å²) in [7, 11) is 0. The standard InChI is InChI=1S/C28H36FN5O4/c1-6-33(7-2)11-12-34-10-8-9-20-24(26(34)36)16(3)21(30-20)14-18-17-13-19(29)23(15-22(17)31-25(18)35)32-27(37)28(4,5)38/h13-15,30,38H,6-12H2,1-5H3,(H,31,35)(H,32,37)/b18-14-. The van der Waals surface area contributed by atoms with E-state index in [-0.39, 0.29) is 17.2 Å². The lowest BCUT2D eigenvalue weighted by Gasteiger charge is -2.25. The average molecular weight is 526 g/mol. The van der Waals surface area contributed by atoms with Gasteiger partial charge in [0.2, 0.25) is 0 Å². The van der Waals surface area contributed by atoms with Crippen LogP contribution in [-0.4, -0.2) is 75.9 Å². The van der Waals surface area contributed by atoms with Crippen molar-refractivity contribution >= 4 is 40.7 Å². The minimum absolute atomic E-state index is 0.0161. The van der Waals surface area contributed by atoms with Crippen LogP contribution in [0.5, 0.6) is 0 Å². The normalized spacial score (nSPS) is 16.5. The first kappa shape index (κ1) is 27.5. The Labute approximate surface area is 222 Å². The van der Waals surface area contributed by atoms with E-state index in [9.17, 15) is 23.9 Å². The number of anilines is 2. The van der Waals surface area contributed by atoms with Gasteiger partial charge in [0.15, 0.2) is 0 Å². The van der Waals surface area contributed by atoms with Gasteiger partial charge >= 0.3 is 0 Å². The highest BCUT2D eigenvalue weighted by molar-refractivity contribution is 6.35. The molecule has 2 aromatic rings. The molecule has 3 heterocycles. The van der Waals surface area contributed by atoms with Crippen molar-refractivity contribution in [1.82, 2.24) is 14.8 Å². The number of carbonyl (C=O) groups excluding carboxylic acids is 3. The van der Waals surface area contributed by atoms with E-state index >= 15 is 0 Å². The molecular formula is C28H36FN5O4. The monoisotopic (exact) mass is 525 g/mol. The zero-order valence-corrected chi connectivity index (χ0v) is 22.6. The Morgan fingerprint density at radius 1 is 1.26 bits per heavy atom. The molecule has 38 heavy (non-hydrogen) atoms. The first-order chi connectivity index (χ1) is 17.9. The van der Waals surface area contributed by atoms with Crippen LogP contribution in [-0.2, 0) is 16.0 Å². The van der Waals surface area contributed by atoms with Crippen molar-refractivity contribution in [2.45, 2.75) is 53.1 Å². The second-order valence-corrected chi connectivity index (χ2v) is 10.3. The van der Waals surface area contributed by atoms with Crippen LogP contribution >= 0.6 is 0 Å². The predicted octanol–water partition coefficient (Wildman–Crippen LogP) is 3.39. The van der Waals surface area contributed by atoms with Crippen LogP contribution in [0.3, 0.4) is 0 Å². The van der Waals surface area contributed by atoms with Crippen LogP contribution in [0.4, 0.5) is 15.8 Å². The Kier molecular flexibility index (Phi) is 7.75. The molecule has 0 radical (unpaired) electrons. The molecule has 9 nitrogen and oxygen atoms in total. The second kappa shape index (κ2) is 10.7. The van der Waals surface area contributed by atoms with E-state index in [1.54, 1.807) is 6.08 Å². The Bertz CT molecular complexity index is 1300. The number of halogens is 1. The van der Waals surface area contributed by atoms with Gasteiger partial charge in [0.25, 0.3) is 17.7 Å². The average Bonchev–Trinajstić information content (AvgIpc) is 3.26. The number of fused-ring (bicyclic) bond motifs is 2. The molecule has 1 aromatic carbocycles. The van der Waals surface area contributed by atoms with Crippen molar-refractivity contribution in [3.63, 3.8) is 0 Å². The number of hydrogen-bond acceptors (Lipinski definition) is 5. The Morgan fingerprint density at radius 2 is 1.97 bits per heavy atom. The van der Waals surface area contributed by atoms with Gasteiger partial charge in [-0.2, -0.15) is 0 Å². The van der Waals surface area contributed by atoms with E-state index < -0.39 is 23.2 Å². The molecule has 2 aliphatic rings. The molecule has 1 aromatic heterocycles. The predicted molar refractivity (Wildman–Crippen MR) is 145 cm³/mol. The van der Waals surface area contributed by atoms with Gasteiger partial charge in [0, 0.05) is 36.6 Å². The fraction of sp³-hybridized carbons (Fsp3) is 0.464. The maximum atomic E-state index is 14.9. The number of nitrogens with zero attached hydrogens (tertiary/aromatic N) is 2. The molecule has 0 atom stereocenters. The third-order valence-corrected chi connectivity index (χ3v) is 7.29. The third-order valence-electron chi connectivity index (χ3n) is 7.29. The molecule has 0 unspecified atom stereocenters. The van der Waals surface area contributed by atoms with Gasteiger partial charge in [0.1, 0.15) is 11.4 Å². The molecule has 0 saturated carbocycles. The molecule has 10 heteroatoms. The summed E-state index contributed by atoms with van der Waals surface area (Å²) in [6, 6.07) is 2.52. The van der Waals surface area contributed by atoms with E-state index in [1.807, 2.05) is 11.8 Å². The number of aromatic amines is 1. The topological polar surface area (TPSA) is 118 Å².